The maximum atomic E-state index is 12.7. The quantitative estimate of drug-likeness (QED) is 0.578. The number of fused-ring (bicyclic) bond motifs is 1. The number of ether oxygens (including phenoxy) is 1. The van der Waals surface area contributed by atoms with E-state index in [1.807, 2.05) is 20.9 Å². The van der Waals surface area contributed by atoms with Gasteiger partial charge in [0.05, 0.1) is 29.7 Å². The molecule has 0 saturated heterocycles. The van der Waals surface area contributed by atoms with Crippen LogP contribution >= 0.6 is 23.6 Å². The summed E-state index contributed by atoms with van der Waals surface area (Å²) in [5.41, 5.74) is 3.64. The van der Waals surface area contributed by atoms with Crippen LogP contribution < -0.4 is 10.6 Å². The van der Waals surface area contributed by atoms with Gasteiger partial charge in [0.1, 0.15) is 5.00 Å². The average Bonchev–Trinajstić information content (AvgIpc) is 3.09. The molecule has 2 N–H and O–H groups in total. The molecule has 0 unspecified atom stereocenters. The minimum absolute atomic E-state index is 0.265. The Morgan fingerprint density at radius 1 is 1.30 bits per heavy atom. The van der Waals surface area contributed by atoms with Gasteiger partial charge in [0.15, 0.2) is 5.11 Å². The fourth-order valence-corrected chi connectivity index (χ4v) is 4.86. The number of carbonyl (C=O) groups is 1. The van der Waals surface area contributed by atoms with Gasteiger partial charge in [-0.15, -0.1) is 11.3 Å². The molecule has 1 aliphatic carbocycles. The van der Waals surface area contributed by atoms with E-state index in [0.717, 1.165) is 47.6 Å². The Morgan fingerprint density at radius 2 is 2.04 bits per heavy atom. The summed E-state index contributed by atoms with van der Waals surface area (Å²) in [6.07, 6.45) is 8.39. The van der Waals surface area contributed by atoms with Crippen molar-refractivity contribution in [2.45, 2.75) is 52.4 Å². The number of aryl methyl sites for hydroxylation is 2. The van der Waals surface area contributed by atoms with Gasteiger partial charge in [-0.25, -0.2) is 4.79 Å². The highest BCUT2D eigenvalue weighted by Gasteiger charge is 2.25. The Kier molecular flexibility index (Phi) is 6.49. The van der Waals surface area contributed by atoms with Crippen molar-refractivity contribution in [2.75, 3.05) is 17.2 Å². The van der Waals surface area contributed by atoms with Crippen molar-refractivity contribution in [3.05, 3.63) is 27.9 Å². The van der Waals surface area contributed by atoms with E-state index in [0.29, 0.717) is 17.3 Å². The van der Waals surface area contributed by atoms with E-state index in [1.54, 1.807) is 22.2 Å². The summed E-state index contributed by atoms with van der Waals surface area (Å²) in [5.74, 6) is -0.265. The fraction of sp³-hybridized carbons (Fsp3) is 0.526. The van der Waals surface area contributed by atoms with Crippen LogP contribution in [0, 0.1) is 6.92 Å². The number of hydrogen-bond donors (Lipinski definition) is 2. The van der Waals surface area contributed by atoms with Crippen molar-refractivity contribution in [3.63, 3.8) is 0 Å². The smallest absolute Gasteiger partial charge is 0.341 e. The van der Waals surface area contributed by atoms with E-state index in [2.05, 4.69) is 15.7 Å². The van der Waals surface area contributed by atoms with Crippen molar-refractivity contribution < 1.29 is 9.53 Å². The largest absolute Gasteiger partial charge is 0.462 e. The monoisotopic (exact) mass is 406 g/mol. The second-order valence-electron chi connectivity index (χ2n) is 6.69. The van der Waals surface area contributed by atoms with Gasteiger partial charge in [0.25, 0.3) is 0 Å². The van der Waals surface area contributed by atoms with E-state index in [4.69, 9.17) is 17.0 Å². The van der Waals surface area contributed by atoms with E-state index >= 15 is 0 Å². The Balaban J connectivity index is 1.86. The maximum absolute atomic E-state index is 12.7. The van der Waals surface area contributed by atoms with Gasteiger partial charge in [-0.3, -0.25) is 4.68 Å². The van der Waals surface area contributed by atoms with Crippen LogP contribution in [0.2, 0.25) is 0 Å². The van der Waals surface area contributed by atoms with Crippen molar-refractivity contribution in [1.82, 2.24) is 9.78 Å². The zero-order valence-corrected chi connectivity index (χ0v) is 17.7. The number of carbonyl (C=O) groups excluding carboxylic acids is 1. The summed E-state index contributed by atoms with van der Waals surface area (Å²) in [4.78, 5) is 13.9. The van der Waals surface area contributed by atoms with E-state index < -0.39 is 0 Å². The molecule has 0 aliphatic heterocycles. The molecule has 0 aromatic carbocycles. The molecule has 3 rings (SSSR count). The van der Waals surface area contributed by atoms with Gasteiger partial charge in [-0.2, -0.15) is 5.10 Å². The number of nitrogens with one attached hydrogen (secondary N) is 2. The molecule has 2 aromatic heterocycles. The summed E-state index contributed by atoms with van der Waals surface area (Å²) in [7, 11) is 1.88. The SMILES string of the molecule is CCOC(=O)c1c(NC(=S)Nc2cnn(C)c2C)sc2c1CCCCCC2. The molecular weight excluding hydrogens is 380 g/mol. The van der Waals surface area contributed by atoms with Crippen molar-refractivity contribution >= 4 is 45.3 Å². The van der Waals surface area contributed by atoms with E-state index in [-0.39, 0.29) is 5.97 Å². The van der Waals surface area contributed by atoms with E-state index in [9.17, 15) is 4.79 Å². The lowest BCUT2D eigenvalue weighted by atomic mass is 9.96. The van der Waals surface area contributed by atoms with Crippen LogP contribution in [0.1, 0.15) is 59.1 Å². The third-order valence-electron chi connectivity index (χ3n) is 4.86. The highest BCUT2D eigenvalue weighted by atomic mass is 32.1. The van der Waals surface area contributed by atoms with Crippen LogP contribution in [-0.2, 0) is 24.6 Å². The summed E-state index contributed by atoms with van der Waals surface area (Å²) >= 11 is 7.11. The van der Waals surface area contributed by atoms with Gasteiger partial charge < -0.3 is 15.4 Å². The van der Waals surface area contributed by atoms with Crippen molar-refractivity contribution in [1.29, 1.82) is 0 Å². The predicted octanol–water partition coefficient (Wildman–Crippen LogP) is 4.43. The van der Waals surface area contributed by atoms with Crippen LogP contribution in [0.4, 0.5) is 10.7 Å². The van der Waals surface area contributed by atoms with Crippen molar-refractivity contribution in [2.24, 2.45) is 7.05 Å². The average molecular weight is 407 g/mol. The predicted molar refractivity (Wildman–Crippen MR) is 114 cm³/mol. The Hall–Kier alpha value is -1.93. The molecular formula is C19H26N4O2S2. The first-order valence-corrected chi connectivity index (χ1v) is 10.6. The number of thiophene rings is 1. The molecule has 0 spiro atoms. The first kappa shape index (κ1) is 19.8. The number of anilines is 2. The maximum Gasteiger partial charge on any atom is 0.341 e. The number of rotatable bonds is 4. The van der Waals surface area contributed by atoms with Gasteiger partial charge in [-0.1, -0.05) is 12.8 Å². The third-order valence-corrected chi connectivity index (χ3v) is 6.27. The van der Waals surface area contributed by atoms with Gasteiger partial charge in [-0.05, 0) is 57.3 Å². The highest BCUT2D eigenvalue weighted by Crippen LogP contribution is 2.37. The minimum atomic E-state index is -0.265. The zero-order valence-electron chi connectivity index (χ0n) is 16.1. The number of thiocarbonyl (C=S) groups is 1. The molecule has 0 radical (unpaired) electrons. The molecule has 146 valence electrons. The first-order valence-electron chi connectivity index (χ1n) is 9.39. The number of aromatic nitrogens is 2. The molecule has 8 heteroatoms. The molecule has 0 fully saturated rings. The molecule has 2 aromatic rings. The second kappa shape index (κ2) is 8.84. The van der Waals surface area contributed by atoms with Gasteiger partial charge >= 0.3 is 5.97 Å². The lowest BCUT2D eigenvalue weighted by Crippen LogP contribution is -2.20. The van der Waals surface area contributed by atoms with Crippen LogP contribution in [-0.4, -0.2) is 27.5 Å². The second-order valence-corrected chi connectivity index (χ2v) is 8.20. The molecule has 0 atom stereocenters. The minimum Gasteiger partial charge on any atom is -0.462 e. The lowest BCUT2D eigenvalue weighted by molar-refractivity contribution is 0.0526. The summed E-state index contributed by atoms with van der Waals surface area (Å²) in [6.45, 7) is 4.16. The Labute approximate surface area is 169 Å². The normalized spacial score (nSPS) is 14.0. The molecule has 1 aliphatic rings. The summed E-state index contributed by atoms with van der Waals surface area (Å²) in [6, 6.07) is 0. The van der Waals surface area contributed by atoms with Gasteiger partial charge in [0, 0.05) is 11.9 Å². The lowest BCUT2D eigenvalue weighted by Gasteiger charge is -2.12. The van der Waals surface area contributed by atoms with E-state index in [1.165, 1.54) is 17.7 Å². The number of nitrogens with zero attached hydrogens (tertiary/aromatic N) is 2. The Bertz CT molecular complexity index is 841. The summed E-state index contributed by atoms with van der Waals surface area (Å²) < 4.78 is 7.12. The Morgan fingerprint density at radius 3 is 2.70 bits per heavy atom. The highest BCUT2D eigenvalue weighted by molar-refractivity contribution is 7.80. The zero-order chi connectivity index (χ0) is 19.4. The summed E-state index contributed by atoms with van der Waals surface area (Å²) in [5, 5.41) is 11.9. The van der Waals surface area contributed by atoms with Crippen LogP contribution in [0.5, 0.6) is 0 Å². The van der Waals surface area contributed by atoms with Crippen LogP contribution in [0.25, 0.3) is 0 Å². The van der Waals surface area contributed by atoms with Crippen LogP contribution in [0.15, 0.2) is 6.20 Å². The number of esters is 1. The fourth-order valence-electron chi connectivity index (χ4n) is 3.30. The molecule has 2 heterocycles. The van der Waals surface area contributed by atoms with Crippen LogP contribution in [0.3, 0.4) is 0 Å². The molecule has 0 bridgehead atoms. The van der Waals surface area contributed by atoms with Crippen molar-refractivity contribution in [3.8, 4) is 0 Å². The topological polar surface area (TPSA) is 68.2 Å². The number of hydrogen-bond acceptors (Lipinski definition) is 5. The molecule has 0 amide bonds. The molecule has 27 heavy (non-hydrogen) atoms. The van der Waals surface area contributed by atoms with Gasteiger partial charge in [0.2, 0.25) is 0 Å². The standard InChI is InChI=1S/C19H26N4O2S2/c1-4-25-18(24)16-13-9-7-5-6-8-10-15(13)27-17(16)22-19(26)21-14-11-20-23(3)12(14)2/h11H,4-10H2,1-3H3,(H2,21,22,26). The molecule has 6 nitrogen and oxygen atoms in total. The third kappa shape index (κ3) is 4.50. The molecule has 0 saturated carbocycles. The first-order chi connectivity index (χ1) is 13.0.